The highest BCUT2D eigenvalue weighted by atomic mass is 79.9. The number of unbranched alkanes of at least 4 members (excludes halogenated alkanes) is 6. The zero-order valence-corrected chi connectivity index (χ0v) is 12.3. The Morgan fingerprint density at radius 1 is 1.00 bits per heavy atom. The number of aryl methyl sites for hydroxylation is 1. The Kier molecular flexibility index (Phi) is 7.34. The maximum Gasteiger partial charge on any atom is 0.118 e. The third kappa shape index (κ3) is 6.11. The molecule has 1 N–H and O–H groups in total. The van der Waals surface area contributed by atoms with E-state index in [-0.39, 0.29) is 0 Å². The first-order chi connectivity index (χ1) is 8.24. The van der Waals surface area contributed by atoms with Crippen LogP contribution in [0.2, 0.25) is 0 Å². The van der Waals surface area contributed by atoms with Gasteiger partial charge in [0, 0.05) is 4.47 Å². The van der Waals surface area contributed by atoms with Crippen molar-refractivity contribution in [3.8, 4) is 5.75 Å². The van der Waals surface area contributed by atoms with Crippen LogP contribution in [0, 0.1) is 0 Å². The number of phenolic OH excluding ortho intramolecular Hbond substituents is 1. The second-order valence-corrected chi connectivity index (χ2v) is 5.56. The molecule has 0 bridgehead atoms. The summed E-state index contributed by atoms with van der Waals surface area (Å²) in [5.74, 6) is 0.430. The van der Waals surface area contributed by atoms with Gasteiger partial charge in [-0.15, -0.1) is 0 Å². The Labute approximate surface area is 113 Å². The van der Waals surface area contributed by atoms with Crippen molar-refractivity contribution in [1.29, 1.82) is 0 Å². The molecule has 0 radical (unpaired) electrons. The topological polar surface area (TPSA) is 20.2 Å². The minimum Gasteiger partial charge on any atom is -0.508 e. The number of aromatic hydroxyl groups is 1. The zero-order valence-electron chi connectivity index (χ0n) is 10.7. The molecule has 0 spiro atoms. The zero-order chi connectivity index (χ0) is 12.5. The average Bonchev–Trinajstić information content (AvgIpc) is 2.32. The monoisotopic (exact) mass is 298 g/mol. The maximum atomic E-state index is 9.69. The van der Waals surface area contributed by atoms with Crippen molar-refractivity contribution in [3.05, 3.63) is 28.2 Å². The van der Waals surface area contributed by atoms with Crippen molar-refractivity contribution in [3.63, 3.8) is 0 Å². The van der Waals surface area contributed by atoms with E-state index in [2.05, 4.69) is 22.9 Å². The van der Waals surface area contributed by atoms with Crippen molar-refractivity contribution in [2.45, 2.75) is 58.3 Å². The molecular formula is C15H23BrO. The Morgan fingerprint density at radius 3 is 2.35 bits per heavy atom. The van der Waals surface area contributed by atoms with Gasteiger partial charge in [0.2, 0.25) is 0 Å². The predicted molar refractivity (Wildman–Crippen MR) is 77.5 cm³/mol. The fraction of sp³-hybridized carbons (Fsp3) is 0.600. The lowest BCUT2D eigenvalue weighted by Crippen LogP contribution is -1.87. The van der Waals surface area contributed by atoms with Crippen molar-refractivity contribution >= 4 is 15.9 Å². The Morgan fingerprint density at radius 2 is 1.65 bits per heavy atom. The molecule has 96 valence electrons. The SMILES string of the molecule is CCCCCCCCCc1cc(Br)ccc1O. The highest BCUT2D eigenvalue weighted by Gasteiger charge is 2.01. The van der Waals surface area contributed by atoms with Crippen molar-refractivity contribution in [2.24, 2.45) is 0 Å². The highest BCUT2D eigenvalue weighted by Crippen LogP contribution is 2.23. The lowest BCUT2D eigenvalue weighted by atomic mass is 10.0. The maximum absolute atomic E-state index is 9.69. The van der Waals surface area contributed by atoms with Gasteiger partial charge in [-0.1, -0.05) is 61.4 Å². The van der Waals surface area contributed by atoms with Gasteiger partial charge in [0.05, 0.1) is 0 Å². The smallest absolute Gasteiger partial charge is 0.118 e. The number of hydrogen-bond donors (Lipinski definition) is 1. The van der Waals surface area contributed by atoms with Crippen LogP contribution in [0.5, 0.6) is 5.75 Å². The Bertz CT molecular complexity index is 323. The van der Waals surface area contributed by atoms with E-state index in [0.29, 0.717) is 5.75 Å². The molecule has 2 heteroatoms. The van der Waals surface area contributed by atoms with Crippen LogP contribution in [-0.4, -0.2) is 5.11 Å². The number of benzene rings is 1. The van der Waals surface area contributed by atoms with E-state index in [9.17, 15) is 5.11 Å². The molecule has 17 heavy (non-hydrogen) atoms. The summed E-state index contributed by atoms with van der Waals surface area (Å²) < 4.78 is 1.05. The third-order valence-corrected chi connectivity index (χ3v) is 3.58. The Hall–Kier alpha value is -0.500. The van der Waals surface area contributed by atoms with Gasteiger partial charge in [0.15, 0.2) is 0 Å². The van der Waals surface area contributed by atoms with Crippen LogP contribution in [0.25, 0.3) is 0 Å². The van der Waals surface area contributed by atoms with Gasteiger partial charge >= 0.3 is 0 Å². The average molecular weight is 299 g/mol. The van der Waals surface area contributed by atoms with Crippen LogP contribution < -0.4 is 0 Å². The summed E-state index contributed by atoms with van der Waals surface area (Å²) in [6.45, 7) is 2.25. The summed E-state index contributed by atoms with van der Waals surface area (Å²) in [5.41, 5.74) is 1.06. The minimum atomic E-state index is 0.430. The normalized spacial score (nSPS) is 10.7. The first-order valence-electron chi connectivity index (χ1n) is 6.71. The van der Waals surface area contributed by atoms with Gasteiger partial charge in [0.1, 0.15) is 5.75 Å². The van der Waals surface area contributed by atoms with E-state index in [1.807, 2.05) is 12.1 Å². The molecule has 0 aliphatic rings. The lowest BCUT2D eigenvalue weighted by Gasteiger charge is -2.05. The molecule has 0 saturated heterocycles. The van der Waals surface area contributed by atoms with E-state index in [1.165, 1.54) is 44.9 Å². The quantitative estimate of drug-likeness (QED) is 0.633. The molecule has 0 aliphatic carbocycles. The molecule has 0 fully saturated rings. The van der Waals surface area contributed by atoms with Gasteiger partial charge < -0.3 is 5.11 Å². The van der Waals surface area contributed by atoms with Crippen LogP contribution >= 0.6 is 15.9 Å². The molecular weight excluding hydrogens is 276 g/mol. The molecule has 0 aliphatic heterocycles. The van der Waals surface area contributed by atoms with Crippen molar-refractivity contribution in [2.75, 3.05) is 0 Å². The number of rotatable bonds is 8. The van der Waals surface area contributed by atoms with Crippen LogP contribution in [-0.2, 0) is 6.42 Å². The second kappa shape index (κ2) is 8.57. The fourth-order valence-corrected chi connectivity index (χ4v) is 2.44. The molecule has 1 aromatic carbocycles. The molecule has 0 aromatic heterocycles. The van der Waals surface area contributed by atoms with Gasteiger partial charge in [-0.05, 0) is 36.6 Å². The minimum absolute atomic E-state index is 0.430. The predicted octanol–water partition coefficient (Wildman–Crippen LogP) is 5.45. The van der Waals surface area contributed by atoms with Crippen LogP contribution in [0.1, 0.15) is 57.4 Å². The number of halogens is 1. The van der Waals surface area contributed by atoms with E-state index in [1.54, 1.807) is 6.07 Å². The van der Waals surface area contributed by atoms with Gasteiger partial charge in [0.25, 0.3) is 0 Å². The largest absolute Gasteiger partial charge is 0.508 e. The van der Waals surface area contributed by atoms with Gasteiger partial charge in [-0.3, -0.25) is 0 Å². The van der Waals surface area contributed by atoms with Crippen molar-refractivity contribution < 1.29 is 5.11 Å². The van der Waals surface area contributed by atoms with Crippen molar-refractivity contribution in [1.82, 2.24) is 0 Å². The van der Waals surface area contributed by atoms with Crippen LogP contribution in [0.4, 0.5) is 0 Å². The van der Waals surface area contributed by atoms with E-state index >= 15 is 0 Å². The molecule has 0 atom stereocenters. The van der Waals surface area contributed by atoms with E-state index in [0.717, 1.165) is 16.5 Å². The fourth-order valence-electron chi connectivity index (χ4n) is 2.03. The molecule has 1 rings (SSSR count). The summed E-state index contributed by atoms with van der Waals surface area (Å²) in [7, 11) is 0. The first-order valence-corrected chi connectivity index (χ1v) is 7.50. The second-order valence-electron chi connectivity index (χ2n) is 4.64. The lowest BCUT2D eigenvalue weighted by molar-refractivity contribution is 0.465. The number of phenols is 1. The standard InChI is InChI=1S/C15H23BrO/c1-2-3-4-5-6-7-8-9-13-12-14(16)10-11-15(13)17/h10-12,17H,2-9H2,1H3. The van der Waals surface area contributed by atoms with Gasteiger partial charge in [-0.2, -0.15) is 0 Å². The Balaban J connectivity index is 2.15. The van der Waals surface area contributed by atoms with E-state index < -0.39 is 0 Å². The highest BCUT2D eigenvalue weighted by molar-refractivity contribution is 9.10. The molecule has 1 aromatic rings. The molecule has 0 amide bonds. The van der Waals surface area contributed by atoms with Crippen LogP contribution in [0.3, 0.4) is 0 Å². The molecule has 0 saturated carbocycles. The summed E-state index contributed by atoms with van der Waals surface area (Å²) >= 11 is 3.44. The third-order valence-electron chi connectivity index (χ3n) is 3.09. The summed E-state index contributed by atoms with van der Waals surface area (Å²) in [6.07, 6.45) is 10.2. The van der Waals surface area contributed by atoms with E-state index in [4.69, 9.17) is 0 Å². The summed E-state index contributed by atoms with van der Waals surface area (Å²) in [6, 6.07) is 5.66. The molecule has 0 unspecified atom stereocenters. The van der Waals surface area contributed by atoms with Gasteiger partial charge in [-0.25, -0.2) is 0 Å². The number of hydrogen-bond acceptors (Lipinski definition) is 1. The molecule has 1 nitrogen and oxygen atoms in total. The summed E-state index contributed by atoms with van der Waals surface area (Å²) in [5, 5.41) is 9.69. The van der Waals surface area contributed by atoms with Crippen LogP contribution in [0.15, 0.2) is 22.7 Å². The molecule has 0 heterocycles. The first kappa shape index (κ1) is 14.6. The summed E-state index contributed by atoms with van der Waals surface area (Å²) in [4.78, 5) is 0.